The molecule has 1 atom stereocenters. The molecule has 0 aliphatic carbocycles. The van der Waals surface area contributed by atoms with E-state index in [9.17, 15) is 14.0 Å². The number of methoxy groups -OCH3 is 1. The number of nitrogens with zero attached hydrogens (tertiary/aromatic N) is 1. The number of likely N-dealkylation sites (tertiary alicyclic amines) is 1. The number of carbonyl (C=O) groups excluding carboxylic acids is 2. The SMILES string of the molecule is COc1cccc(C2CCCN2C(=O)CCNC(=O)c2cc(F)ccc2Br)c1. The lowest BCUT2D eigenvalue weighted by Crippen LogP contribution is -2.34. The Morgan fingerprint density at radius 3 is 2.89 bits per heavy atom. The Morgan fingerprint density at radius 2 is 2.11 bits per heavy atom. The predicted octanol–water partition coefficient (Wildman–Crippen LogP) is 4.08. The molecule has 1 heterocycles. The second-order valence-corrected chi connectivity index (χ2v) is 7.51. The molecule has 1 N–H and O–H groups in total. The zero-order valence-corrected chi connectivity index (χ0v) is 17.2. The number of halogens is 2. The van der Waals surface area contributed by atoms with Gasteiger partial charge in [-0.25, -0.2) is 4.39 Å². The molecule has 1 aliphatic rings. The number of nitrogens with one attached hydrogen (secondary N) is 1. The van der Waals surface area contributed by atoms with E-state index < -0.39 is 11.7 Å². The molecule has 1 fully saturated rings. The quantitative estimate of drug-likeness (QED) is 0.723. The summed E-state index contributed by atoms with van der Waals surface area (Å²) >= 11 is 3.24. The van der Waals surface area contributed by atoms with Crippen LogP contribution in [0.4, 0.5) is 4.39 Å². The Morgan fingerprint density at radius 1 is 1.29 bits per heavy atom. The molecule has 3 rings (SSSR count). The minimum absolute atomic E-state index is 0.0103. The van der Waals surface area contributed by atoms with Gasteiger partial charge in [-0.15, -0.1) is 0 Å². The van der Waals surface area contributed by atoms with Crippen molar-refractivity contribution in [2.45, 2.75) is 25.3 Å². The fraction of sp³-hybridized carbons (Fsp3) is 0.333. The van der Waals surface area contributed by atoms with Crippen LogP contribution < -0.4 is 10.1 Å². The fourth-order valence-corrected chi connectivity index (χ4v) is 3.88. The first kappa shape index (κ1) is 20.3. The van der Waals surface area contributed by atoms with Crippen molar-refractivity contribution in [3.8, 4) is 5.75 Å². The Bertz CT molecular complexity index is 874. The van der Waals surface area contributed by atoms with E-state index in [1.807, 2.05) is 29.2 Å². The van der Waals surface area contributed by atoms with Gasteiger partial charge in [0.25, 0.3) is 5.91 Å². The van der Waals surface area contributed by atoms with Gasteiger partial charge in [0.1, 0.15) is 11.6 Å². The van der Waals surface area contributed by atoms with E-state index in [1.54, 1.807) is 7.11 Å². The summed E-state index contributed by atoms with van der Waals surface area (Å²) in [7, 11) is 1.62. The molecule has 0 spiro atoms. The summed E-state index contributed by atoms with van der Waals surface area (Å²) in [6, 6.07) is 11.7. The third-order valence-electron chi connectivity index (χ3n) is 4.85. The number of carbonyl (C=O) groups is 2. The van der Waals surface area contributed by atoms with Crippen molar-refractivity contribution in [3.05, 3.63) is 63.9 Å². The van der Waals surface area contributed by atoms with Crippen molar-refractivity contribution < 1.29 is 18.7 Å². The van der Waals surface area contributed by atoms with Gasteiger partial charge in [-0.2, -0.15) is 0 Å². The van der Waals surface area contributed by atoms with Crippen molar-refractivity contribution in [1.29, 1.82) is 0 Å². The van der Waals surface area contributed by atoms with Crippen molar-refractivity contribution in [2.75, 3.05) is 20.2 Å². The smallest absolute Gasteiger partial charge is 0.252 e. The van der Waals surface area contributed by atoms with Crippen LogP contribution in [0.2, 0.25) is 0 Å². The summed E-state index contributed by atoms with van der Waals surface area (Å²) in [6.07, 6.45) is 2.04. The van der Waals surface area contributed by atoms with Gasteiger partial charge < -0.3 is 15.0 Å². The maximum atomic E-state index is 13.4. The lowest BCUT2D eigenvalue weighted by atomic mass is 10.0. The first-order chi connectivity index (χ1) is 13.5. The average molecular weight is 449 g/mol. The molecule has 1 aliphatic heterocycles. The third-order valence-corrected chi connectivity index (χ3v) is 5.54. The molecular weight excluding hydrogens is 427 g/mol. The summed E-state index contributed by atoms with van der Waals surface area (Å²) in [5.41, 5.74) is 1.26. The molecule has 28 heavy (non-hydrogen) atoms. The van der Waals surface area contributed by atoms with Crippen LogP contribution >= 0.6 is 15.9 Å². The van der Waals surface area contributed by atoms with Crippen LogP contribution in [0, 0.1) is 5.82 Å². The molecule has 148 valence electrons. The van der Waals surface area contributed by atoms with Gasteiger partial charge in [0.2, 0.25) is 5.91 Å². The molecule has 0 saturated carbocycles. The van der Waals surface area contributed by atoms with Crippen LogP contribution in [0.1, 0.15) is 41.2 Å². The van der Waals surface area contributed by atoms with Crippen molar-refractivity contribution in [3.63, 3.8) is 0 Å². The maximum Gasteiger partial charge on any atom is 0.252 e. The van der Waals surface area contributed by atoms with Crippen LogP contribution in [-0.4, -0.2) is 36.9 Å². The highest BCUT2D eigenvalue weighted by Crippen LogP contribution is 2.33. The zero-order valence-electron chi connectivity index (χ0n) is 15.6. The number of benzene rings is 2. The van der Waals surface area contributed by atoms with E-state index in [1.165, 1.54) is 18.2 Å². The normalized spacial score (nSPS) is 16.1. The first-order valence-corrected chi connectivity index (χ1v) is 9.95. The standard InChI is InChI=1S/C21H22BrFN2O3/c1-28-16-5-2-4-14(12-16)19-6-3-11-25(19)20(26)9-10-24-21(27)17-13-15(23)7-8-18(17)22/h2,4-5,7-8,12-13,19H,3,6,9-11H2,1H3,(H,24,27). The molecule has 0 aromatic heterocycles. The highest BCUT2D eigenvalue weighted by Gasteiger charge is 2.29. The Balaban J connectivity index is 1.58. The molecule has 7 heteroatoms. The van der Waals surface area contributed by atoms with Gasteiger partial charge in [0.05, 0.1) is 18.7 Å². The summed E-state index contributed by atoms with van der Waals surface area (Å²) < 4.78 is 19.1. The van der Waals surface area contributed by atoms with Crippen molar-refractivity contribution in [2.24, 2.45) is 0 Å². The summed E-state index contributed by atoms with van der Waals surface area (Å²) in [6.45, 7) is 0.895. The third kappa shape index (κ3) is 4.70. The van der Waals surface area contributed by atoms with E-state index >= 15 is 0 Å². The number of ether oxygens (including phenoxy) is 1. The van der Waals surface area contributed by atoms with Crippen molar-refractivity contribution in [1.82, 2.24) is 10.2 Å². The molecule has 0 bridgehead atoms. The van der Waals surface area contributed by atoms with Crippen LogP contribution in [0.3, 0.4) is 0 Å². The second kappa shape index (κ2) is 9.19. The molecule has 2 aromatic rings. The highest BCUT2D eigenvalue weighted by atomic mass is 79.9. The number of rotatable bonds is 6. The minimum atomic E-state index is -0.484. The summed E-state index contributed by atoms with van der Waals surface area (Å²) in [5, 5.41) is 2.69. The summed E-state index contributed by atoms with van der Waals surface area (Å²) in [5.74, 6) is -0.138. The Kier molecular flexibility index (Phi) is 6.67. The van der Waals surface area contributed by atoms with Gasteiger partial charge in [-0.1, -0.05) is 12.1 Å². The minimum Gasteiger partial charge on any atom is -0.497 e. The molecule has 2 aromatic carbocycles. The van der Waals surface area contributed by atoms with E-state index in [2.05, 4.69) is 21.2 Å². The van der Waals surface area contributed by atoms with Crippen LogP contribution in [-0.2, 0) is 4.79 Å². The monoisotopic (exact) mass is 448 g/mol. The second-order valence-electron chi connectivity index (χ2n) is 6.65. The maximum absolute atomic E-state index is 13.4. The van der Waals surface area contributed by atoms with Gasteiger partial charge in [0, 0.05) is 24.0 Å². The van der Waals surface area contributed by atoms with E-state index in [-0.39, 0.29) is 30.5 Å². The van der Waals surface area contributed by atoms with E-state index in [0.29, 0.717) is 11.0 Å². The average Bonchev–Trinajstić information content (AvgIpc) is 3.19. The molecular formula is C21H22BrFN2O3. The van der Waals surface area contributed by atoms with Gasteiger partial charge in [0.15, 0.2) is 0 Å². The van der Waals surface area contributed by atoms with E-state index in [0.717, 1.165) is 24.2 Å². The van der Waals surface area contributed by atoms with Gasteiger partial charge in [-0.05, 0) is 64.7 Å². The molecule has 5 nitrogen and oxygen atoms in total. The number of hydrogen-bond acceptors (Lipinski definition) is 3. The van der Waals surface area contributed by atoms with Gasteiger partial charge in [-0.3, -0.25) is 9.59 Å². The first-order valence-electron chi connectivity index (χ1n) is 9.16. The lowest BCUT2D eigenvalue weighted by molar-refractivity contribution is -0.132. The zero-order chi connectivity index (χ0) is 20.1. The highest BCUT2D eigenvalue weighted by molar-refractivity contribution is 9.10. The predicted molar refractivity (Wildman–Crippen MR) is 108 cm³/mol. The van der Waals surface area contributed by atoms with Crippen molar-refractivity contribution >= 4 is 27.7 Å². The van der Waals surface area contributed by atoms with Crippen LogP contribution in [0.15, 0.2) is 46.9 Å². The van der Waals surface area contributed by atoms with Crippen LogP contribution in [0.5, 0.6) is 5.75 Å². The molecule has 1 unspecified atom stereocenters. The molecule has 1 saturated heterocycles. The summed E-state index contributed by atoms with van der Waals surface area (Å²) in [4.78, 5) is 26.8. The molecule has 2 amide bonds. The Hall–Kier alpha value is -2.41. The van der Waals surface area contributed by atoms with Crippen LogP contribution in [0.25, 0.3) is 0 Å². The largest absolute Gasteiger partial charge is 0.497 e. The fourth-order valence-electron chi connectivity index (χ4n) is 3.45. The van der Waals surface area contributed by atoms with E-state index in [4.69, 9.17) is 4.74 Å². The molecule has 0 radical (unpaired) electrons. The lowest BCUT2D eigenvalue weighted by Gasteiger charge is -2.25. The Labute approximate surface area is 172 Å². The van der Waals surface area contributed by atoms with Gasteiger partial charge >= 0.3 is 0 Å². The topological polar surface area (TPSA) is 58.6 Å². The number of amides is 2. The number of hydrogen-bond donors (Lipinski definition) is 1.